The van der Waals surface area contributed by atoms with Crippen LogP contribution in [0.3, 0.4) is 0 Å². The summed E-state index contributed by atoms with van der Waals surface area (Å²) in [4.78, 5) is 7.18. The fourth-order valence-corrected chi connectivity index (χ4v) is 3.19. The van der Waals surface area contributed by atoms with Crippen molar-refractivity contribution in [2.24, 2.45) is 0 Å². The largest absolute Gasteiger partial charge is 0.301 e. The molecule has 0 radical (unpaired) electrons. The molecule has 0 N–H and O–H groups in total. The quantitative estimate of drug-likeness (QED) is 0.847. The lowest BCUT2D eigenvalue weighted by Gasteiger charge is -2.18. The van der Waals surface area contributed by atoms with Gasteiger partial charge in [-0.2, -0.15) is 0 Å². The van der Waals surface area contributed by atoms with Crippen molar-refractivity contribution in [2.75, 3.05) is 13.1 Å². The van der Waals surface area contributed by atoms with Crippen molar-refractivity contribution in [3.8, 4) is 0 Å². The molecule has 3 rings (SSSR count). The van der Waals surface area contributed by atoms with Gasteiger partial charge in [-0.25, -0.2) is 4.98 Å². The number of hydrogen-bond acceptors (Lipinski definition) is 2. The van der Waals surface area contributed by atoms with Gasteiger partial charge in [0.15, 0.2) is 0 Å². The smallest absolute Gasteiger partial charge is 0.132 e. The highest BCUT2D eigenvalue weighted by Crippen LogP contribution is 2.20. The fraction of sp³-hybridized carbons (Fsp3) is 0.500. The first-order valence-electron chi connectivity index (χ1n) is 6.68. The number of aromatic nitrogens is 2. The minimum atomic E-state index is 0.952. The molecule has 96 valence electrons. The molecule has 2 aromatic heterocycles. The third-order valence-electron chi connectivity index (χ3n) is 3.64. The zero-order chi connectivity index (χ0) is 12.4. The molecule has 0 saturated carbocycles. The molecule has 1 aliphatic heterocycles. The van der Waals surface area contributed by atoms with Gasteiger partial charge in [0, 0.05) is 6.20 Å². The number of hydrogen-bond donors (Lipinski definition) is 0. The molecule has 0 aliphatic carbocycles. The molecule has 1 saturated heterocycles. The van der Waals surface area contributed by atoms with Crippen molar-refractivity contribution >= 4 is 21.4 Å². The lowest BCUT2D eigenvalue weighted by Crippen LogP contribution is -2.25. The SMILES string of the molecule is Brc1nc(CN2CCCCCC2)n2ccccc12. The second-order valence-electron chi connectivity index (χ2n) is 4.97. The summed E-state index contributed by atoms with van der Waals surface area (Å²) in [6.45, 7) is 3.37. The number of pyridine rings is 1. The van der Waals surface area contributed by atoms with Gasteiger partial charge in [-0.1, -0.05) is 18.9 Å². The van der Waals surface area contributed by atoms with Crippen molar-refractivity contribution in [1.29, 1.82) is 0 Å². The Kier molecular flexibility index (Phi) is 3.66. The molecule has 2 aromatic rings. The Labute approximate surface area is 116 Å². The molecule has 0 atom stereocenters. The van der Waals surface area contributed by atoms with E-state index in [1.165, 1.54) is 38.8 Å². The Bertz CT molecular complexity index is 527. The average Bonchev–Trinajstić information content (AvgIpc) is 2.58. The predicted octanol–water partition coefficient (Wildman–Crippen LogP) is 3.47. The van der Waals surface area contributed by atoms with Gasteiger partial charge in [0.05, 0.1) is 12.1 Å². The van der Waals surface area contributed by atoms with Crippen LogP contribution in [0.4, 0.5) is 0 Å². The number of fused-ring (bicyclic) bond motifs is 1. The summed E-state index contributed by atoms with van der Waals surface area (Å²) in [5.74, 6) is 1.14. The van der Waals surface area contributed by atoms with Gasteiger partial charge in [-0.3, -0.25) is 4.90 Å². The molecule has 1 aliphatic rings. The zero-order valence-corrected chi connectivity index (χ0v) is 12.1. The highest BCUT2D eigenvalue weighted by Gasteiger charge is 2.14. The van der Waals surface area contributed by atoms with Crippen LogP contribution < -0.4 is 0 Å². The molecule has 3 nitrogen and oxygen atoms in total. The number of rotatable bonds is 2. The average molecular weight is 308 g/mol. The lowest BCUT2D eigenvalue weighted by atomic mass is 10.2. The maximum atomic E-state index is 4.65. The van der Waals surface area contributed by atoms with E-state index >= 15 is 0 Å². The van der Waals surface area contributed by atoms with Crippen LogP contribution in [0, 0.1) is 0 Å². The maximum absolute atomic E-state index is 4.65. The van der Waals surface area contributed by atoms with Gasteiger partial charge in [0.2, 0.25) is 0 Å². The second-order valence-corrected chi connectivity index (χ2v) is 5.72. The van der Waals surface area contributed by atoms with Crippen molar-refractivity contribution < 1.29 is 0 Å². The molecule has 4 heteroatoms. The number of halogens is 1. The van der Waals surface area contributed by atoms with E-state index in [2.05, 4.69) is 54.6 Å². The van der Waals surface area contributed by atoms with E-state index in [1.54, 1.807) is 0 Å². The zero-order valence-electron chi connectivity index (χ0n) is 10.5. The standard InChI is InChI=1S/C14H18BrN3/c15-14-12-7-3-6-10-18(12)13(16-14)11-17-8-4-1-2-5-9-17/h3,6-7,10H,1-2,4-5,8-9,11H2. The summed E-state index contributed by atoms with van der Waals surface area (Å²) in [6.07, 6.45) is 7.50. The normalized spacial score (nSPS) is 18.1. The maximum Gasteiger partial charge on any atom is 0.132 e. The van der Waals surface area contributed by atoms with Gasteiger partial charge in [0.1, 0.15) is 10.4 Å². The van der Waals surface area contributed by atoms with Gasteiger partial charge in [-0.05, 0) is 54.0 Å². The monoisotopic (exact) mass is 307 g/mol. The van der Waals surface area contributed by atoms with Crippen LogP contribution in [0.2, 0.25) is 0 Å². The van der Waals surface area contributed by atoms with Gasteiger partial charge < -0.3 is 4.40 Å². The van der Waals surface area contributed by atoms with Crippen molar-refractivity contribution in [3.05, 3.63) is 34.8 Å². The number of nitrogens with zero attached hydrogens (tertiary/aromatic N) is 3. The predicted molar refractivity (Wildman–Crippen MR) is 76.6 cm³/mol. The van der Waals surface area contributed by atoms with Crippen molar-refractivity contribution in [3.63, 3.8) is 0 Å². The molecular weight excluding hydrogens is 290 g/mol. The molecule has 0 spiro atoms. The molecule has 0 aromatic carbocycles. The van der Waals surface area contributed by atoms with Crippen LogP contribution >= 0.6 is 15.9 Å². The van der Waals surface area contributed by atoms with Crippen LogP contribution in [0.15, 0.2) is 29.0 Å². The van der Waals surface area contributed by atoms with E-state index in [1.807, 2.05) is 0 Å². The first-order valence-corrected chi connectivity index (χ1v) is 7.48. The van der Waals surface area contributed by atoms with Gasteiger partial charge in [0.25, 0.3) is 0 Å². The minimum Gasteiger partial charge on any atom is -0.301 e. The van der Waals surface area contributed by atoms with Gasteiger partial charge in [-0.15, -0.1) is 0 Å². The number of imidazole rings is 1. The molecule has 3 heterocycles. The molecule has 0 bridgehead atoms. The molecule has 0 unspecified atom stereocenters. The van der Waals surface area contributed by atoms with E-state index in [-0.39, 0.29) is 0 Å². The number of likely N-dealkylation sites (tertiary alicyclic amines) is 1. The molecular formula is C14H18BrN3. The first-order chi connectivity index (χ1) is 8.84. The summed E-state index contributed by atoms with van der Waals surface area (Å²) in [5, 5.41) is 0. The minimum absolute atomic E-state index is 0.952. The van der Waals surface area contributed by atoms with Crippen molar-refractivity contribution in [1.82, 2.24) is 14.3 Å². The van der Waals surface area contributed by atoms with E-state index < -0.39 is 0 Å². The van der Waals surface area contributed by atoms with Crippen LogP contribution in [-0.2, 0) is 6.54 Å². The third kappa shape index (κ3) is 2.45. The summed E-state index contributed by atoms with van der Waals surface area (Å²) in [7, 11) is 0. The third-order valence-corrected chi connectivity index (χ3v) is 4.22. The van der Waals surface area contributed by atoms with E-state index in [4.69, 9.17) is 0 Å². The van der Waals surface area contributed by atoms with E-state index in [0.717, 1.165) is 22.5 Å². The topological polar surface area (TPSA) is 20.5 Å². The lowest BCUT2D eigenvalue weighted by molar-refractivity contribution is 0.269. The molecule has 0 amide bonds. The van der Waals surface area contributed by atoms with E-state index in [9.17, 15) is 0 Å². The second kappa shape index (κ2) is 5.41. The fourth-order valence-electron chi connectivity index (χ4n) is 2.67. The Balaban J connectivity index is 1.85. The summed E-state index contributed by atoms with van der Waals surface area (Å²) < 4.78 is 3.14. The van der Waals surface area contributed by atoms with Crippen LogP contribution in [0.5, 0.6) is 0 Å². The first kappa shape index (κ1) is 12.2. The summed E-state index contributed by atoms with van der Waals surface area (Å²) in [6, 6.07) is 6.22. The Morgan fingerprint density at radius 2 is 1.89 bits per heavy atom. The Morgan fingerprint density at radius 3 is 2.67 bits per heavy atom. The molecule has 1 fully saturated rings. The summed E-state index contributed by atoms with van der Waals surface area (Å²) in [5.41, 5.74) is 1.15. The van der Waals surface area contributed by atoms with Gasteiger partial charge >= 0.3 is 0 Å². The van der Waals surface area contributed by atoms with Crippen molar-refractivity contribution in [2.45, 2.75) is 32.2 Å². The van der Waals surface area contributed by atoms with Crippen LogP contribution in [0.25, 0.3) is 5.52 Å². The van der Waals surface area contributed by atoms with Crippen LogP contribution in [-0.4, -0.2) is 27.4 Å². The Hall–Kier alpha value is -0.870. The van der Waals surface area contributed by atoms with Crippen LogP contribution in [0.1, 0.15) is 31.5 Å². The highest BCUT2D eigenvalue weighted by molar-refractivity contribution is 9.10. The highest BCUT2D eigenvalue weighted by atomic mass is 79.9. The molecule has 18 heavy (non-hydrogen) atoms. The Morgan fingerprint density at radius 1 is 1.11 bits per heavy atom. The summed E-state index contributed by atoms with van der Waals surface area (Å²) >= 11 is 3.55. The van der Waals surface area contributed by atoms with E-state index in [0.29, 0.717) is 0 Å².